The molecule has 0 saturated carbocycles. The Kier molecular flexibility index (Phi) is 5.61. The van der Waals surface area contributed by atoms with Gasteiger partial charge in [0.15, 0.2) is 0 Å². The van der Waals surface area contributed by atoms with Gasteiger partial charge in [-0.1, -0.05) is 24.3 Å². The molecular weight excluding hydrogens is 314 g/mol. The highest BCUT2D eigenvalue weighted by Gasteiger charge is 2.16. The first-order chi connectivity index (χ1) is 12.2. The molecule has 0 amide bonds. The Morgan fingerprint density at radius 3 is 2.68 bits per heavy atom. The Bertz CT molecular complexity index is 752. The fourth-order valence-corrected chi connectivity index (χ4v) is 3.33. The highest BCUT2D eigenvalue weighted by molar-refractivity contribution is 5.89. The van der Waals surface area contributed by atoms with E-state index in [0.717, 1.165) is 50.7 Å². The van der Waals surface area contributed by atoms with Crippen LogP contribution in [0.3, 0.4) is 0 Å². The zero-order valence-corrected chi connectivity index (χ0v) is 14.5. The van der Waals surface area contributed by atoms with Gasteiger partial charge in [-0.15, -0.1) is 0 Å². The number of esters is 1. The smallest absolute Gasteiger partial charge is 0.337 e. The van der Waals surface area contributed by atoms with Crippen molar-refractivity contribution < 1.29 is 14.3 Å². The summed E-state index contributed by atoms with van der Waals surface area (Å²) in [7, 11) is 1.39. The van der Waals surface area contributed by atoms with Gasteiger partial charge in [0.25, 0.3) is 0 Å². The molecule has 0 radical (unpaired) electrons. The third kappa shape index (κ3) is 4.34. The molecule has 0 spiro atoms. The molecule has 1 aliphatic rings. The molecule has 0 N–H and O–H groups in total. The molecule has 25 heavy (non-hydrogen) atoms. The van der Waals surface area contributed by atoms with Crippen molar-refractivity contribution in [3.05, 3.63) is 70.3 Å². The number of carbonyl (C=O) groups is 2. The number of hydrogen-bond acceptors (Lipinski definition) is 4. The summed E-state index contributed by atoms with van der Waals surface area (Å²) in [6.07, 6.45) is 4.01. The number of hydrogen-bond donors (Lipinski definition) is 0. The molecule has 4 heteroatoms. The molecule has 130 valence electrons. The third-order valence-corrected chi connectivity index (χ3v) is 4.77. The van der Waals surface area contributed by atoms with Crippen LogP contribution in [-0.2, 0) is 24.1 Å². The van der Waals surface area contributed by atoms with Gasteiger partial charge < -0.3 is 4.74 Å². The van der Waals surface area contributed by atoms with Gasteiger partial charge in [-0.2, -0.15) is 0 Å². The third-order valence-electron chi connectivity index (χ3n) is 4.77. The van der Waals surface area contributed by atoms with Crippen molar-refractivity contribution in [3.8, 4) is 0 Å². The second-order valence-corrected chi connectivity index (χ2v) is 6.46. The van der Waals surface area contributed by atoms with E-state index in [0.29, 0.717) is 5.56 Å². The molecular formula is C21H23NO3. The number of rotatable bonds is 6. The van der Waals surface area contributed by atoms with Crippen LogP contribution in [0.15, 0.2) is 42.5 Å². The molecule has 0 unspecified atom stereocenters. The number of carbonyl (C=O) groups excluding carboxylic acids is 2. The molecule has 0 aliphatic carbocycles. The topological polar surface area (TPSA) is 46.6 Å². The minimum atomic E-state index is -0.298. The molecule has 2 aromatic rings. The fourth-order valence-electron chi connectivity index (χ4n) is 3.33. The van der Waals surface area contributed by atoms with Crippen LogP contribution < -0.4 is 0 Å². The van der Waals surface area contributed by atoms with Gasteiger partial charge in [-0.25, -0.2) is 4.79 Å². The Labute approximate surface area is 148 Å². The first-order valence-corrected chi connectivity index (χ1v) is 8.66. The molecule has 4 nitrogen and oxygen atoms in total. The van der Waals surface area contributed by atoms with Crippen molar-refractivity contribution in [2.75, 3.05) is 20.2 Å². The van der Waals surface area contributed by atoms with Crippen LogP contribution in [0.4, 0.5) is 0 Å². The summed E-state index contributed by atoms with van der Waals surface area (Å²) in [5.74, 6) is -0.298. The van der Waals surface area contributed by atoms with E-state index in [9.17, 15) is 9.59 Å². The predicted octanol–water partition coefficient (Wildman–Crippen LogP) is 3.28. The van der Waals surface area contributed by atoms with Crippen molar-refractivity contribution in [1.29, 1.82) is 0 Å². The molecule has 0 fully saturated rings. The van der Waals surface area contributed by atoms with E-state index in [1.165, 1.54) is 23.8 Å². The van der Waals surface area contributed by atoms with Gasteiger partial charge in [0, 0.05) is 18.7 Å². The van der Waals surface area contributed by atoms with Gasteiger partial charge in [0.2, 0.25) is 0 Å². The van der Waals surface area contributed by atoms with Crippen LogP contribution in [0.1, 0.15) is 43.8 Å². The number of benzene rings is 2. The molecule has 0 aromatic heterocycles. The lowest BCUT2D eigenvalue weighted by Gasteiger charge is -2.29. The van der Waals surface area contributed by atoms with Crippen LogP contribution in [0.2, 0.25) is 0 Å². The van der Waals surface area contributed by atoms with Gasteiger partial charge in [-0.05, 0) is 60.7 Å². The number of aldehydes is 1. The number of nitrogens with zero attached hydrogens (tertiary/aromatic N) is 1. The van der Waals surface area contributed by atoms with Gasteiger partial charge in [0.1, 0.15) is 6.29 Å². The normalized spacial score (nSPS) is 14.0. The van der Waals surface area contributed by atoms with Crippen molar-refractivity contribution in [3.63, 3.8) is 0 Å². The Hall–Kier alpha value is -2.46. The SMILES string of the molecule is COC(=O)c1ccc(CCCN2CCc3ccc(C=O)cc3C2)cc1. The van der Waals surface area contributed by atoms with Crippen LogP contribution in [0.25, 0.3) is 0 Å². The monoisotopic (exact) mass is 337 g/mol. The van der Waals surface area contributed by atoms with Crippen LogP contribution >= 0.6 is 0 Å². The highest BCUT2D eigenvalue weighted by atomic mass is 16.5. The van der Waals surface area contributed by atoms with E-state index in [1.54, 1.807) is 0 Å². The van der Waals surface area contributed by atoms with Crippen molar-refractivity contribution in [1.82, 2.24) is 4.90 Å². The van der Waals surface area contributed by atoms with Crippen molar-refractivity contribution >= 4 is 12.3 Å². The molecule has 0 atom stereocenters. The number of methoxy groups -OCH3 is 1. The van der Waals surface area contributed by atoms with Gasteiger partial charge in [-0.3, -0.25) is 9.69 Å². The van der Waals surface area contributed by atoms with E-state index >= 15 is 0 Å². The van der Waals surface area contributed by atoms with Crippen molar-refractivity contribution in [2.24, 2.45) is 0 Å². The molecule has 0 bridgehead atoms. The zero-order chi connectivity index (χ0) is 17.6. The van der Waals surface area contributed by atoms with E-state index in [-0.39, 0.29) is 5.97 Å². The summed E-state index contributed by atoms with van der Waals surface area (Å²) >= 11 is 0. The molecule has 3 rings (SSSR count). The van der Waals surface area contributed by atoms with E-state index in [1.807, 2.05) is 36.4 Å². The predicted molar refractivity (Wildman–Crippen MR) is 96.9 cm³/mol. The largest absolute Gasteiger partial charge is 0.465 e. The lowest BCUT2D eigenvalue weighted by atomic mass is 9.97. The van der Waals surface area contributed by atoms with Gasteiger partial charge >= 0.3 is 5.97 Å². The maximum atomic E-state index is 11.4. The summed E-state index contributed by atoms with van der Waals surface area (Å²) < 4.78 is 4.71. The standard InChI is InChI=1S/C21H23NO3/c1-25-21(24)19-8-4-16(5-9-19)3-2-11-22-12-10-18-7-6-17(15-23)13-20(18)14-22/h4-9,13,15H,2-3,10-12,14H2,1H3. The number of fused-ring (bicyclic) bond motifs is 1. The molecule has 1 heterocycles. The van der Waals surface area contributed by atoms with Gasteiger partial charge in [0.05, 0.1) is 12.7 Å². The summed E-state index contributed by atoms with van der Waals surface area (Å²) in [6, 6.07) is 13.6. The first kappa shape index (κ1) is 17.4. The second-order valence-electron chi connectivity index (χ2n) is 6.46. The maximum absolute atomic E-state index is 11.4. The molecule has 2 aromatic carbocycles. The van der Waals surface area contributed by atoms with Crippen LogP contribution in [0.5, 0.6) is 0 Å². The first-order valence-electron chi connectivity index (χ1n) is 8.66. The average molecular weight is 337 g/mol. The summed E-state index contributed by atoms with van der Waals surface area (Å²) in [5, 5.41) is 0. The zero-order valence-electron chi connectivity index (χ0n) is 14.5. The summed E-state index contributed by atoms with van der Waals surface area (Å²) in [4.78, 5) is 24.8. The fraction of sp³-hybridized carbons (Fsp3) is 0.333. The highest BCUT2D eigenvalue weighted by Crippen LogP contribution is 2.20. The van der Waals surface area contributed by atoms with E-state index in [4.69, 9.17) is 4.74 Å². The maximum Gasteiger partial charge on any atom is 0.337 e. The van der Waals surface area contributed by atoms with E-state index in [2.05, 4.69) is 11.0 Å². The van der Waals surface area contributed by atoms with Crippen LogP contribution in [0, 0.1) is 0 Å². The molecule has 1 aliphatic heterocycles. The molecule has 0 saturated heterocycles. The number of ether oxygens (including phenoxy) is 1. The summed E-state index contributed by atoms with van der Waals surface area (Å²) in [6.45, 7) is 3.01. The Balaban J connectivity index is 1.51. The van der Waals surface area contributed by atoms with Crippen LogP contribution in [-0.4, -0.2) is 37.4 Å². The minimum Gasteiger partial charge on any atom is -0.465 e. The Morgan fingerprint density at radius 2 is 1.96 bits per heavy atom. The lowest BCUT2D eigenvalue weighted by Crippen LogP contribution is -2.31. The summed E-state index contributed by atoms with van der Waals surface area (Å²) in [5.41, 5.74) is 5.21. The average Bonchev–Trinajstić information content (AvgIpc) is 2.67. The second kappa shape index (κ2) is 8.08. The van der Waals surface area contributed by atoms with Crippen molar-refractivity contribution in [2.45, 2.75) is 25.8 Å². The lowest BCUT2D eigenvalue weighted by molar-refractivity contribution is 0.0600. The number of aryl methyl sites for hydroxylation is 1. The van der Waals surface area contributed by atoms with E-state index < -0.39 is 0 Å². The Morgan fingerprint density at radius 1 is 1.16 bits per heavy atom. The quantitative estimate of drug-likeness (QED) is 0.599. The minimum absolute atomic E-state index is 0.298.